The lowest BCUT2D eigenvalue weighted by Gasteiger charge is -2.32. The lowest BCUT2D eigenvalue weighted by atomic mass is 9.91. The molecule has 146 valence electrons. The number of carbonyl (C=O) groups excluding carboxylic acids is 1. The number of benzene rings is 1. The Bertz CT molecular complexity index is 975. The number of piperidine rings is 1. The van der Waals surface area contributed by atoms with Gasteiger partial charge in [0.05, 0.1) is 0 Å². The first-order valence-corrected chi connectivity index (χ1v) is 9.57. The predicted octanol–water partition coefficient (Wildman–Crippen LogP) is 2.96. The molecule has 2 aromatic rings. The van der Waals surface area contributed by atoms with Gasteiger partial charge in [-0.1, -0.05) is 18.7 Å². The average molecular weight is 378 g/mol. The summed E-state index contributed by atoms with van der Waals surface area (Å²) in [5.74, 6) is 1.44. The highest BCUT2D eigenvalue weighted by Gasteiger charge is 2.47. The molecule has 3 atom stereocenters. The van der Waals surface area contributed by atoms with Crippen LogP contribution in [0, 0.1) is 12.8 Å². The van der Waals surface area contributed by atoms with Crippen LogP contribution in [-0.4, -0.2) is 33.5 Å². The lowest BCUT2D eigenvalue weighted by Crippen LogP contribution is -2.40. The van der Waals surface area contributed by atoms with Crippen molar-refractivity contribution in [3.05, 3.63) is 59.3 Å². The molecular formula is C22H26N4O2. The number of nitrogen functional groups attached to an aromatic ring is 1. The molecule has 2 unspecified atom stereocenters. The number of carbonyl (C=O) groups is 1. The van der Waals surface area contributed by atoms with Gasteiger partial charge < -0.3 is 26.5 Å². The highest BCUT2D eigenvalue weighted by Crippen LogP contribution is 2.48. The number of phenolic OH excluding ortho intramolecular Hbond substituents is 1. The molecule has 1 aliphatic heterocycles. The summed E-state index contributed by atoms with van der Waals surface area (Å²) in [5, 5.41) is 10.0. The van der Waals surface area contributed by atoms with E-state index in [-0.39, 0.29) is 23.6 Å². The maximum atomic E-state index is 12.2. The number of likely N-dealkylation sites (tertiary alicyclic amines) is 1. The number of hydrogen-bond acceptors (Lipinski definition) is 4. The number of aromatic amines is 1. The van der Waals surface area contributed by atoms with Crippen molar-refractivity contribution < 1.29 is 9.90 Å². The molecule has 1 aromatic carbocycles. The summed E-state index contributed by atoms with van der Waals surface area (Å²) >= 11 is 0. The van der Waals surface area contributed by atoms with E-state index in [0.29, 0.717) is 23.0 Å². The van der Waals surface area contributed by atoms with Crippen molar-refractivity contribution in [2.75, 3.05) is 12.3 Å². The normalized spacial score (nSPS) is 24.0. The minimum Gasteiger partial charge on any atom is -0.507 e. The minimum atomic E-state index is -0.00158. The molecule has 1 aliphatic carbocycles. The van der Waals surface area contributed by atoms with Gasteiger partial charge in [0.1, 0.15) is 11.6 Å². The van der Waals surface area contributed by atoms with Crippen LogP contribution >= 0.6 is 0 Å². The van der Waals surface area contributed by atoms with Crippen LogP contribution in [0.5, 0.6) is 5.75 Å². The molecular weight excluding hydrogens is 352 g/mol. The molecule has 6 heteroatoms. The monoisotopic (exact) mass is 378 g/mol. The van der Waals surface area contributed by atoms with Gasteiger partial charge in [-0.2, -0.15) is 0 Å². The van der Waals surface area contributed by atoms with E-state index in [9.17, 15) is 9.90 Å². The molecule has 1 saturated heterocycles. The van der Waals surface area contributed by atoms with Crippen LogP contribution < -0.4 is 11.5 Å². The van der Waals surface area contributed by atoms with E-state index in [4.69, 9.17) is 11.5 Å². The first kappa shape index (κ1) is 18.2. The van der Waals surface area contributed by atoms with Gasteiger partial charge in [-0.15, -0.1) is 0 Å². The van der Waals surface area contributed by atoms with Gasteiger partial charge in [-0.25, -0.2) is 0 Å². The molecule has 1 saturated carbocycles. The number of rotatable bonds is 4. The Morgan fingerprint density at radius 1 is 1.36 bits per heavy atom. The summed E-state index contributed by atoms with van der Waals surface area (Å²) in [6.45, 7) is 6.47. The number of nitrogens with zero attached hydrogens (tertiary/aromatic N) is 1. The summed E-state index contributed by atoms with van der Waals surface area (Å²) in [6.07, 6.45) is 5.27. The molecule has 1 aromatic heterocycles. The van der Waals surface area contributed by atoms with Crippen molar-refractivity contribution >= 4 is 23.5 Å². The van der Waals surface area contributed by atoms with Crippen LogP contribution in [0.3, 0.4) is 0 Å². The third-order valence-electron chi connectivity index (χ3n) is 6.19. The predicted molar refractivity (Wildman–Crippen MR) is 111 cm³/mol. The number of nitrogens with two attached hydrogens (primary N) is 2. The fraction of sp³-hybridized carbons (Fsp3) is 0.318. The number of hydrogen-bond donors (Lipinski definition) is 4. The summed E-state index contributed by atoms with van der Waals surface area (Å²) in [4.78, 5) is 17.5. The van der Waals surface area contributed by atoms with Crippen molar-refractivity contribution in [1.29, 1.82) is 0 Å². The maximum Gasteiger partial charge on any atom is 0.246 e. The molecule has 2 heterocycles. The zero-order chi connectivity index (χ0) is 20.0. The van der Waals surface area contributed by atoms with Gasteiger partial charge in [0, 0.05) is 41.0 Å². The SMILES string of the molecule is C=CC(=O)N1CC2CC(c3[nH]c(N)c(/C=C(\N)c4ccccc4O)c3C)[C@H]1C2. The zero-order valence-corrected chi connectivity index (χ0v) is 16.0. The summed E-state index contributed by atoms with van der Waals surface area (Å²) < 4.78 is 0. The number of fused-ring (bicyclic) bond motifs is 2. The second-order valence-corrected chi connectivity index (χ2v) is 7.81. The van der Waals surface area contributed by atoms with Crippen LogP contribution in [-0.2, 0) is 4.79 Å². The van der Waals surface area contributed by atoms with Gasteiger partial charge in [-0.3, -0.25) is 4.79 Å². The lowest BCUT2D eigenvalue weighted by molar-refractivity contribution is -0.127. The Morgan fingerprint density at radius 2 is 2.11 bits per heavy atom. The molecule has 0 radical (unpaired) electrons. The molecule has 4 rings (SSSR count). The van der Waals surface area contributed by atoms with Crippen LogP contribution in [0.25, 0.3) is 11.8 Å². The van der Waals surface area contributed by atoms with E-state index in [1.165, 1.54) is 6.08 Å². The van der Waals surface area contributed by atoms with E-state index >= 15 is 0 Å². The van der Waals surface area contributed by atoms with E-state index < -0.39 is 0 Å². The average Bonchev–Trinajstić information content (AvgIpc) is 3.36. The fourth-order valence-corrected chi connectivity index (χ4v) is 4.87. The number of aromatic nitrogens is 1. The number of anilines is 1. The summed E-state index contributed by atoms with van der Waals surface area (Å²) in [7, 11) is 0. The molecule has 2 aliphatic rings. The Hall–Kier alpha value is -3.15. The Kier molecular flexibility index (Phi) is 4.41. The van der Waals surface area contributed by atoms with Gasteiger partial charge in [0.2, 0.25) is 5.91 Å². The van der Waals surface area contributed by atoms with Gasteiger partial charge in [0.15, 0.2) is 0 Å². The number of H-pyrrole nitrogens is 1. The van der Waals surface area contributed by atoms with Crippen LogP contribution in [0.4, 0.5) is 5.82 Å². The number of aromatic hydroxyl groups is 1. The first-order chi connectivity index (χ1) is 13.4. The fourth-order valence-electron chi connectivity index (χ4n) is 4.87. The van der Waals surface area contributed by atoms with E-state index in [1.807, 2.05) is 17.9 Å². The van der Waals surface area contributed by atoms with E-state index in [1.54, 1.807) is 24.3 Å². The molecule has 28 heavy (non-hydrogen) atoms. The third-order valence-corrected chi connectivity index (χ3v) is 6.19. The maximum absolute atomic E-state index is 12.2. The number of para-hydroxylation sites is 1. The Balaban J connectivity index is 1.67. The van der Waals surface area contributed by atoms with Gasteiger partial charge in [0.25, 0.3) is 0 Å². The molecule has 2 bridgehead atoms. The first-order valence-electron chi connectivity index (χ1n) is 9.57. The third kappa shape index (κ3) is 2.85. The van der Waals surface area contributed by atoms with Gasteiger partial charge in [-0.05, 0) is 55.5 Å². The van der Waals surface area contributed by atoms with Crippen molar-refractivity contribution in [1.82, 2.24) is 9.88 Å². The summed E-state index contributed by atoms with van der Waals surface area (Å²) in [5.41, 5.74) is 16.5. The Morgan fingerprint density at radius 3 is 2.79 bits per heavy atom. The van der Waals surface area contributed by atoms with Crippen molar-refractivity contribution in [2.45, 2.75) is 31.7 Å². The van der Waals surface area contributed by atoms with Crippen molar-refractivity contribution in [2.24, 2.45) is 11.7 Å². The molecule has 6 nitrogen and oxygen atoms in total. The smallest absolute Gasteiger partial charge is 0.246 e. The highest BCUT2D eigenvalue weighted by atomic mass is 16.3. The van der Waals surface area contributed by atoms with Crippen molar-refractivity contribution in [3.8, 4) is 5.75 Å². The summed E-state index contributed by atoms with van der Waals surface area (Å²) in [6, 6.07) is 7.14. The zero-order valence-electron chi connectivity index (χ0n) is 16.0. The Labute approximate surface area is 164 Å². The van der Waals surface area contributed by atoms with Gasteiger partial charge >= 0.3 is 0 Å². The van der Waals surface area contributed by atoms with Crippen LogP contribution in [0.15, 0.2) is 36.9 Å². The molecule has 2 fully saturated rings. The quantitative estimate of drug-likeness (QED) is 0.613. The van der Waals surface area contributed by atoms with E-state index in [0.717, 1.165) is 36.2 Å². The second kappa shape index (κ2) is 6.78. The molecule has 6 N–H and O–H groups in total. The molecule has 0 spiro atoms. The van der Waals surface area contributed by atoms with Crippen LogP contribution in [0.2, 0.25) is 0 Å². The topological polar surface area (TPSA) is 108 Å². The standard InChI is InChI=1S/C22H26N4O2/c1-3-20(28)26-11-13-8-16(18(26)9-13)21-12(2)15(22(24)25-21)10-17(23)14-6-4-5-7-19(14)27/h3-7,10,13,16,18,25,27H,1,8-9,11,23-24H2,2H3/b17-10-/t13?,16?,18-/m1/s1. The number of amides is 1. The highest BCUT2D eigenvalue weighted by molar-refractivity contribution is 5.88. The largest absolute Gasteiger partial charge is 0.507 e. The minimum absolute atomic E-state index is 0.00158. The second-order valence-electron chi connectivity index (χ2n) is 7.81. The number of phenols is 1. The molecule has 1 amide bonds. The van der Waals surface area contributed by atoms with Crippen molar-refractivity contribution in [3.63, 3.8) is 0 Å². The van der Waals surface area contributed by atoms with E-state index in [2.05, 4.69) is 11.6 Å². The van der Waals surface area contributed by atoms with Crippen LogP contribution in [0.1, 0.15) is 41.1 Å². The number of nitrogens with one attached hydrogen (secondary N) is 1.